The number of hydrogen-bond acceptors (Lipinski definition) is 2. The van der Waals surface area contributed by atoms with Crippen LogP contribution in [-0.2, 0) is 4.79 Å². The number of rotatable bonds is 2. The van der Waals surface area contributed by atoms with Gasteiger partial charge in [-0.1, -0.05) is 6.92 Å². The molecule has 1 heterocycles. The minimum atomic E-state index is -1.03. The van der Waals surface area contributed by atoms with Gasteiger partial charge in [-0.2, -0.15) is 0 Å². The minimum absolute atomic E-state index is 0.225. The molecule has 0 aromatic rings. The van der Waals surface area contributed by atoms with E-state index in [0.717, 1.165) is 12.8 Å². The first-order valence-corrected chi connectivity index (χ1v) is 5.76. The highest BCUT2D eigenvalue weighted by Gasteiger charge is 2.47. The molecule has 0 aromatic heterocycles. The maximum Gasteiger partial charge on any atom is 0.329 e. The first-order chi connectivity index (χ1) is 7.45. The second-order valence-electron chi connectivity index (χ2n) is 5.10. The van der Waals surface area contributed by atoms with E-state index in [-0.39, 0.29) is 12.1 Å². The Morgan fingerprint density at radius 1 is 1.50 bits per heavy atom. The van der Waals surface area contributed by atoms with Crippen molar-refractivity contribution < 1.29 is 14.7 Å². The van der Waals surface area contributed by atoms with Crippen molar-refractivity contribution in [2.24, 2.45) is 5.92 Å². The quantitative estimate of drug-likeness (QED) is 0.739. The number of likely N-dealkylation sites (tertiary alicyclic amines) is 1. The van der Waals surface area contributed by atoms with Gasteiger partial charge < -0.3 is 15.3 Å². The molecule has 5 nitrogen and oxygen atoms in total. The summed E-state index contributed by atoms with van der Waals surface area (Å²) in [6.45, 7) is 4.24. The van der Waals surface area contributed by atoms with E-state index >= 15 is 0 Å². The van der Waals surface area contributed by atoms with E-state index in [4.69, 9.17) is 0 Å². The standard InChI is InChI=1S/C11H18N2O3/c1-7-6-8(7)12-10(16)13-5-3-4-11(13,2)9(14)15/h7-8H,3-6H2,1-2H3,(H,12,16)(H,14,15). The van der Waals surface area contributed by atoms with E-state index in [9.17, 15) is 14.7 Å². The van der Waals surface area contributed by atoms with Crippen LogP contribution in [0.2, 0.25) is 0 Å². The highest BCUT2D eigenvalue weighted by Crippen LogP contribution is 2.32. The molecule has 0 radical (unpaired) electrons. The van der Waals surface area contributed by atoms with Crippen molar-refractivity contribution in [1.82, 2.24) is 10.2 Å². The second kappa shape index (κ2) is 3.64. The molecule has 1 aliphatic carbocycles. The first kappa shape index (κ1) is 11.2. The van der Waals surface area contributed by atoms with Crippen LogP contribution in [0.25, 0.3) is 0 Å². The zero-order valence-corrected chi connectivity index (χ0v) is 9.69. The fourth-order valence-electron chi connectivity index (χ4n) is 2.27. The highest BCUT2D eigenvalue weighted by molar-refractivity contribution is 5.86. The van der Waals surface area contributed by atoms with E-state index in [0.29, 0.717) is 18.9 Å². The van der Waals surface area contributed by atoms with Gasteiger partial charge in [-0.3, -0.25) is 0 Å². The second-order valence-corrected chi connectivity index (χ2v) is 5.10. The third kappa shape index (κ3) is 1.74. The predicted molar refractivity (Wildman–Crippen MR) is 58.1 cm³/mol. The number of carbonyl (C=O) groups excluding carboxylic acids is 1. The van der Waals surface area contributed by atoms with Crippen molar-refractivity contribution in [1.29, 1.82) is 0 Å². The Morgan fingerprint density at radius 2 is 2.12 bits per heavy atom. The van der Waals surface area contributed by atoms with E-state index in [1.165, 1.54) is 4.90 Å². The number of carboxylic acid groups (broad SMARTS) is 1. The Morgan fingerprint density at radius 3 is 2.62 bits per heavy atom. The Bertz CT molecular complexity index is 331. The molecule has 2 N–H and O–H groups in total. The lowest BCUT2D eigenvalue weighted by Gasteiger charge is -2.31. The summed E-state index contributed by atoms with van der Waals surface area (Å²) >= 11 is 0. The molecule has 2 rings (SSSR count). The number of carboxylic acids is 1. The SMILES string of the molecule is CC1CC1NC(=O)N1CCCC1(C)C(=O)O. The fraction of sp³-hybridized carbons (Fsp3) is 0.818. The molecular formula is C11H18N2O3. The van der Waals surface area contributed by atoms with E-state index in [1.54, 1.807) is 6.92 Å². The molecule has 0 aromatic carbocycles. The number of nitrogens with one attached hydrogen (secondary N) is 1. The molecule has 16 heavy (non-hydrogen) atoms. The predicted octanol–water partition coefficient (Wildman–Crippen LogP) is 1.04. The largest absolute Gasteiger partial charge is 0.480 e. The van der Waals surface area contributed by atoms with Crippen molar-refractivity contribution >= 4 is 12.0 Å². The summed E-state index contributed by atoms with van der Waals surface area (Å²) in [7, 11) is 0. The number of nitrogens with zero attached hydrogens (tertiary/aromatic N) is 1. The fourth-order valence-corrected chi connectivity index (χ4v) is 2.27. The van der Waals surface area contributed by atoms with Crippen LogP contribution in [0.5, 0.6) is 0 Å². The lowest BCUT2D eigenvalue weighted by atomic mass is 10.00. The summed E-state index contributed by atoms with van der Waals surface area (Å²) in [5.74, 6) is -0.383. The first-order valence-electron chi connectivity index (χ1n) is 5.76. The molecule has 90 valence electrons. The molecule has 5 heteroatoms. The number of hydrogen-bond donors (Lipinski definition) is 2. The zero-order valence-electron chi connectivity index (χ0n) is 9.69. The molecule has 3 atom stereocenters. The van der Waals surface area contributed by atoms with Gasteiger partial charge in [0.25, 0.3) is 0 Å². The van der Waals surface area contributed by atoms with Crippen LogP contribution >= 0.6 is 0 Å². The smallest absolute Gasteiger partial charge is 0.329 e. The molecule has 1 saturated carbocycles. The van der Waals surface area contributed by atoms with Gasteiger partial charge >= 0.3 is 12.0 Å². The highest BCUT2D eigenvalue weighted by atomic mass is 16.4. The molecule has 0 spiro atoms. The monoisotopic (exact) mass is 226 g/mol. The summed E-state index contributed by atoms with van der Waals surface area (Å²) in [5, 5.41) is 12.1. The van der Waals surface area contributed by atoms with Gasteiger partial charge in [-0.05, 0) is 32.1 Å². The van der Waals surface area contributed by atoms with Crippen molar-refractivity contribution in [2.75, 3.05) is 6.54 Å². The van der Waals surface area contributed by atoms with Gasteiger partial charge in [0, 0.05) is 12.6 Å². The van der Waals surface area contributed by atoms with Crippen LogP contribution in [-0.4, -0.2) is 40.1 Å². The summed E-state index contributed by atoms with van der Waals surface area (Å²) in [4.78, 5) is 24.6. The Hall–Kier alpha value is -1.26. The van der Waals surface area contributed by atoms with Crippen LogP contribution in [0.3, 0.4) is 0 Å². The van der Waals surface area contributed by atoms with Gasteiger partial charge in [-0.25, -0.2) is 9.59 Å². The lowest BCUT2D eigenvalue weighted by molar-refractivity contribution is -0.147. The summed E-state index contributed by atoms with van der Waals surface area (Å²) < 4.78 is 0. The molecule has 1 aliphatic heterocycles. The van der Waals surface area contributed by atoms with Gasteiger partial charge in [0.05, 0.1) is 0 Å². The van der Waals surface area contributed by atoms with Crippen LogP contribution in [0, 0.1) is 5.92 Å². The number of aliphatic carboxylic acids is 1. The maximum atomic E-state index is 11.9. The molecule has 1 saturated heterocycles. The third-order valence-corrected chi connectivity index (χ3v) is 3.77. The Kier molecular flexibility index (Phi) is 2.56. The molecule has 3 unspecified atom stereocenters. The lowest BCUT2D eigenvalue weighted by Crippen LogP contribution is -2.54. The average molecular weight is 226 g/mol. The summed E-state index contributed by atoms with van der Waals surface area (Å²) in [5.41, 5.74) is -1.03. The summed E-state index contributed by atoms with van der Waals surface area (Å²) in [6.07, 6.45) is 2.30. The van der Waals surface area contributed by atoms with Gasteiger partial charge in [0.1, 0.15) is 5.54 Å². The maximum absolute atomic E-state index is 11.9. The van der Waals surface area contributed by atoms with E-state index in [1.807, 2.05) is 0 Å². The summed E-state index contributed by atoms with van der Waals surface area (Å²) in [6, 6.07) is 0.0166. The van der Waals surface area contributed by atoms with E-state index < -0.39 is 11.5 Å². The molecular weight excluding hydrogens is 208 g/mol. The molecule has 0 bridgehead atoms. The van der Waals surface area contributed by atoms with Crippen molar-refractivity contribution in [3.05, 3.63) is 0 Å². The average Bonchev–Trinajstić information content (AvgIpc) is 2.75. The number of carbonyl (C=O) groups is 2. The molecule has 2 aliphatic rings. The Labute approximate surface area is 94.8 Å². The van der Waals surface area contributed by atoms with Crippen LogP contribution in [0.15, 0.2) is 0 Å². The molecule has 2 amide bonds. The van der Waals surface area contributed by atoms with Crippen molar-refractivity contribution in [2.45, 2.75) is 44.7 Å². The van der Waals surface area contributed by atoms with Crippen LogP contribution in [0.1, 0.15) is 33.1 Å². The van der Waals surface area contributed by atoms with Crippen LogP contribution < -0.4 is 5.32 Å². The normalized spacial score (nSPS) is 37.2. The van der Waals surface area contributed by atoms with Gasteiger partial charge in [0.2, 0.25) is 0 Å². The van der Waals surface area contributed by atoms with Gasteiger partial charge in [-0.15, -0.1) is 0 Å². The topological polar surface area (TPSA) is 69.6 Å². The zero-order chi connectivity index (χ0) is 11.9. The molecule has 2 fully saturated rings. The number of urea groups is 1. The Balaban J connectivity index is 2.02. The van der Waals surface area contributed by atoms with Crippen LogP contribution in [0.4, 0.5) is 4.79 Å². The third-order valence-electron chi connectivity index (χ3n) is 3.77. The van der Waals surface area contributed by atoms with E-state index in [2.05, 4.69) is 12.2 Å². The van der Waals surface area contributed by atoms with Crippen molar-refractivity contribution in [3.8, 4) is 0 Å². The van der Waals surface area contributed by atoms with Gasteiger partial charge in [0.15, 0.2) is 0 Å². The minimum Gasteiger partial charge on any atom is -0.480 e. The van der Waals surface area contributed by atoms with Crippen molar-refractivity contribution in [3.63, 3.8) is 0 Å². The number of amides is 2.